The minimum absolute atomic E-state index is 0.329. The van der Waals surface area contributed by atoms with Gasteiger partial charge in [-0.25, -0.2) is 14.4 Å². The molecule has 1 heterocycles. The Hall–Kier alpha value is -1.19. The first-order valence-electron chi connectivity index (χ1n) is 7.46. The number of nitrogens with zero attached hydrogens (tertiary/aromatic N) is 2. The Morgan fingerprint density at radius 1 is 1.00 bits per heavy atom. The van der Waals surface area contributed by atoms with Crippen molar-refractivity contribution in [2.75, 3.05) is 11.9 Å². The maximum absolute atomic E-state index is 13.6. The minimum atomic E-state index is -0.331. The van der Waals surface area contributed by atoms with Crippen molar-refractivity contribution in [3.63, 3.8) is 0 Å². The molecule has 3 nitrogen and oxygen atoms in total. The summed E-state index contributed by atoms with van der Waals surface area (Å²) in [5.41, 5.74) is 0.397. The van der Waals surface area contributed by atoms with Crippen LogP contribution >= 0.6 is 0 Å². The average molecular weight is 267 g/mol. The van der Waals surface area contributed by atoms with Crippen molar-refractivity contribution in [3.8, 4) is 0 Å². The van der Waals surface area contributed by atoms with E-state index in [0.717, 1.165) is 13.0 Å². The molecule has 1 rings (SSSR count). The van der Waals surface area contributed by atoms with Crippen molar-refractivity contribution in [2.24, 2.45) is 0 Å². The normalized spacial score (nSPS) is 10.7. The van der Waals surface area contributed by atoms with Crippen LogP contribution in [0, 0.1) is 12.7 Å². The van der Waals surface area contributed by atoms with Gasteiger partial charge < -0.3 is 5.32 Å². The summed E-state index contributed by atoms with van der Waals surface area (Å²) in [6, 6.07) is 0. The fourth-order valence-corrected chi connectivity index (χ4v) is 2.05. The van der Waals surface area contributed by atoms with Gasteiger partial charge in [0.2, 0.25) is 0 Å². The topological polar surface area (TPSA) is 37.8 Å². The lowest BCUT2D eigenvalue weighted by molar-refractivity contribution is 0.578. The molecule has 0 amide bonds. The van der Waals surface area contributed by atoms with Crippen LogP contribution in [0.1, 0.15) is 64.0 Å². The van der Waals surface area contributed by atoms with Crippen molar-refractivity contribution in [2.45, 2.75) is 65.2 Å². The predicted octanol–water partition coefficient (Wildman–Crippen LogP) is 4.48. The number of hydrogen-bond donors (Lipinski definition) is 1. The van der Waals surface area contributed by atoms with Crippen molar-refractivity contribution in [1.82, 2.24) is 9.97 Å². The number of aromatic nitrogens is 2. The molecule has 0 saturated carbocycles. The summed E-state index contributed by atoms with van der Waals surface area (Å²) in [5.74, 6) is -0.00230. The van der Waals surface area contributed by atoms with Crippen LogP contribution in [0.3, 0.4) is 0 Å². The molecule has 0 unspecified atom stereocenters. The van der Waals surface area contributed by atoms with E-state index in [1.165, 1.54) is 51.3 Å². The van der Waals surface area contributed by atoms with Crippen LogP contribution in [0.2, 0.25) is 0 Å². The van der Waals surface area contributed by atoms with E-state index in [1.807, 2.05) is 0 Å². The van der Waals surface area contributed by atoms with E-state index in [0.29, 0.717) is 11.5 Å². The van der Waals surface area contributed by atoms with Gasteiger partial charge in [0.05, 0.1) is 5.69 Å². The number of halogens is 1. The highest BCUT2D eigenvalue weighted by molar-refractivity contribution is 5.36. The van der Waals surface area contributed by atoms with Crippen molar-refractivity contribution < 1.29 is 4.39 Å². The van der Waals surface area contributed by atoms with Gasteiger partial charge in [0.1, 0.15) is 6.33 Å². The average Bonchev–Trinajstić information content (AvgIpc) is 2.41. The molecule has 0 aliphatic rings. The van der Waals surface area contributed by atoms with Crippen LogP contribution in [-0.2, 0) is 0 Å². The Labute approximate surface area is 116 Å². The first-order valence-corrected chi connectivity index (χ1v) is 7.46. The zero-order valence-electron chi connectivity index (χ0n) is 12.2. The van der Waals surface area contributed by atoms with Gasteiger partial charge in [-0.1, -0.05) is 51.9 Å². The quantitative estimate of drug-likeness (QED) is 0.635. The Kier molecular flexibility index (Phi) is 8.10. The Bertz CT molecular complexity index is 355. The number of unbranched alkanes of at least 4 members (excludes halogenated alkanes) is 7. The van der Waals surface area contributed by atoms with E-state index in [2.05, 4.69) is 22.2 Å². The highest BCUT2D eigenvalue weighted by Crippen LogP contribution is 2.12. The van der Waals surface area contributed by atoms with Gasteiger partial charge in [-0.3, -0.25) is 0 Å². The van der Waals surface area contributed by atoms with Crippen LogP contribution in [0.15, 0.2) is 6.33 Å². The number of rotatable bonds is 10. The van der Waals surface area contributed by atoms with E-state index < -0.39 is 0 Å². The monoisotopic (exact) mass is 267 g/mol. The van der Waals surface area contributed by atoms with Gasteiger partial charge in [0, 0.05) is 6.54 Å². The third-order valence-corrected chi connectivity index (χ3v) is 3.29. The Morgan fingerprint density at radius 2 is 1.63 bits per heavy atom. The lowest BCUT2D eigenvalue weighted by atomic mass is 10.1. The molecule has 4 heteroatoms. The molecule has 0 fully saturated rings. The van der Waals surface area contributed by atoms with Crippen LogP contribution in [0.4, 0.5) is 10.2 Å². The maximum atomic E-state index is 13.6. The lowest BCUT2D eigenvalue weighted by Gasteiger charge is -2.07. The zero-order chi connectivity index (χ0) is 13.9. The second kappa shape index (κ2) is 9.70. The van der Waals surface area contributed by atoms with Gasteiger partial charge in [0.15, 0.2) is 11.6 Å². The number of aryl methyl sites for hydroxylation is 1. The molecule has 0 aliphatic carbocycles. The second-order valence-corrected chi connectivity index (χ2v) is 5.02. The molecule has 1 aromatic rings. The van der Waals surface area contributed by atoms with E-state index in [9.17, 15) is 4.39 Å². The molecular weight excluding hydrogens is 241 g/mol. The molecule has 19 heavy (non-hydrogen) atoms. The SMILES string of the molecule is CCCCCCCCCCNc1ncnc(C)c1F. The molecule has 1 aromatic heterocycles. The summed E-state index contributed by atoms with van der Waals surface area (Å²) in [6.45, 7) is 4.67. The number of nitrogens with one attached hydrogen (secondary N) is 1. The molecule has 0 atom stereocenters. The Balaban J connectivity index is 2.03. The molecule has 0 spiro atoms. The van der Waals surface area contributed by atoms with E-state index in [1.54, 1.807) is 6.92 Å². The molecule has 0 radical (unpaired) electrons. The maximum Gasteiger partial charge on any atom is 0.186 e. The highest BCUT2D eigenvalue weighted by atomic mass is 19.1. The smallest absolute Gasteiger partial charge is 0.186 e. The summed E-state index contributed by atoms with van der Waals surface area (Å²) < 4.78 is 13.6. The second-order valence-electron chi connectivity index (χ2n) is 5.02. The summed E-state index contributed by atoms with van der Waals surface area (Å²) in [5, 5.41) is 3.04. The lowest BCUT2D eigenvalue weighted by Crippen LogP contribution is -2.07. The molecule has 0 bridgehead atoms. The first kappa shape index (κ1) is 15.9. The van der Waals surface area contributed by atoms with E-state index in [4.69, 9.17) is 0 Å². The van der Waals surface area contributed by atoms with Crippen molar-refractivity contribution in [3.05, 3.63) is 17.8 Å². The van der Waals surface area contributed by atoms with Crippen LogP contribution in [-0.4, -0.2) is 16.5 Å². The summed E-state index contributed by atoms with van der Waals surface area (Å²) in [4.78, 5) is 7.72. The molecule has 0 aliphatic heterocycles. The number of hydrogen-bond acceptors (Lipinski definition) is 3. The summed E-state index contributed by atoms with van der Waals surface area (Å²) in [7, 11) is 0. The third-order valence-electron chi connectivity index (χ3n) is 3.29. The van der Waals surface area contributed by atoms with Gasteiger partial charge >= 0.3 is 0 Å². The van der Waals surface area contributed by atoms with Crippen molar-refractivity contribution in [1.29, 1.82) is 0 Å². The summed E-state index contributed by atoms with van der Waals surface area (Å²) in [6.07, 6.45) is 11.6. The van der Waals surface area contributed by atoms with Crippen LogP contribution in [0.25, 0.3) is 0 Å². The van der Waals surface area contributed by atoms with E-state index in [-0.39, 0.29) is 5.82 Å². The van der Waals surface area contributed by atoms with Gasteiger partial charge in [0.25, 0.3) is 0 Å². The Morgan fingerprint density at radius 3 is 2.32 bits per heavy atom. The zero-order valence-corrected chi connectivity index (χ0v) is 12.2. The highest BCUT2D eigenvalue weighted by Gasteiger charge is 2.05. The van der Waals surface area contributed by atoms with Crippen LogP contribution in [0.5, 0.6) is 0 Å². The standard InChI is InChI=1S/C15H26FN3/c1-3-4-5-6-7-8-9-10-11-17-15-14(16)13(2)18-12-19-15/h12H,3-11H2,1-2H3,(H,17,18,19). The van der Waals surface area contributed by atoms with Crippen LogP contribution < -0.4 is 5.32 Å². The largest absolute Gasteiger partial charge is 0.368 e. The van der Waals surface area contributed by atoms with E-state index >= 15 is 0 Å². The van der Waals surface area contributed by atoms with Gasteiger partial charge in [-0.15, -0.1) is 0 Å². The minimum Gasteiger partial charge on any atom is -0.368 e. The van der Waals surface area contributed by atoms with Gasteiger partial charge in [-0.2, -0.15) is 0 Å². The fourth-order valence-electron chi connectivity index (χ4n) is 2.05. The van der Waals surface area contributed by atoms with Crippen molar-refractivity contribution >= 4 is 5.82 Å². The molecule has 108 valence electrons. The number of anilines is 1. The first-order chi connectivity index (χ1) is 9.25. The van der Waals surface area contributed by atoms with Gasteiger partial charge in [-0.05, 0) is 13.3 Å². The third kappa shape index (κ3) is 6.50. The fraction of sp³-hybridized carbons (Fsp3) is 0.733. The summed E-state index contributed by atoms with van der Waals surface area (Å²) >= 11 is 0. The molecule has 1 N–H and O–H groups in total. The molecular formula is C15H26FN3. The molecule has 0 saturated heterocycles. The predicted molar refractivity (Wildman–Crippen MR) is 77.8 cm³/mol. The molecule has 0 aromatic carbocycles.